The van der Waals surface area contributed by atoms with E-state index in [4.69, 9.17) is 4.74 Å². The summed E-state index contributed by atoms with van der Waals surface area (Å²) >= 11 is 0. The number of nitrogens with zero attached hydrogens (tertiary/aromatic N) is 1. The number of alkyl halides is 9. The number of hydrogen-bond acceptors (Lipinski definition) is 3. The van der Waals surface area contributed by atoms with E-state index in [1.165, 1.54) is 0 Å². The summed E-state index contributed by atoms with van der Waals surface area (Å²) in [7, 11) is 0. The average Bonchev–Trinajstić information content (AvgIpc) is 2.80. The molecule has 2 aromatic rings. The average molecular weight is 598 g/mol. The van der Waals surface area contributed by atoms with Gasteiger partial charge >= 0.3 is 30.7 Å². The normalized spacial score (nSPS) is 19.8. The fraction of sp³-hybridized carbons (Fsp3) is 0.462. The number of carbonyl (C=O) groups excluding carboxylic acids is 1. The van der Waals surface area contributed by atoms with Gasteiger partial charge in [0.2, 0.25) is 0 Å². The molecular formula is C26H23F9N2O4. The Morgan fingerprint density at radius 2 is 1.46 bits per heavy atom. The maximum absolute atomic E-state index is 13.4. The molecule has 4 rings (SSSR count). The minimum Gasteiger partial charge on any atom is -0.465 e. The molecule has 0 spiro atoms. The predicted octanol–water partition coefficient (Wildman–Crippen LogP) is 7.81. The minimum absolute atomic E-state index is 0.0360. The van der Waals surface area contributed by atoms with Crippen LogP contribution < -0.4 is 10.2 Å². The quantitative estimate of drug-likeness (QED) is 0.344. The van der Waals surface area contributed by atoms with Crippen LogP contribution in [0.15, 0.2) is 36.4 Å². The molecule has 15 heteroatoms. The number of hydrogen-bond donors (Lipinski definition) is 2. The summed E-state index contributed by atoms with van der Waals surface area (Å²) in [6.07, 6.45) is -15.8. The molecule has 1 fully saturated rings. The highest BCUT2D eigenvalue weighted by atomic mass is 19.4. The second kappa shape index (κ2) is 11.0. The van der Waals surface area contributed by atoms with Crippen molar-refractivity contribution in [3.63, 3.8) is 0 Å². The van der Waals surface area contributed by atoms with Crippen LogP contribution in [0, 0.1) is 5.92 Å². The molecule has 2 aliphatic rings. The maximum Gasteiger partial charge on any atom is 0.416 e. The molecule has 2 N–H and O–H groups in total. The highest BCUT2D eigenvalue weighted by Gasteiger charge is 2.44. The molecule has 1 aliphatic heterocycles. The van der Waals surface area contributed by atoms with Gasteiger partial charge in [0.15, 0.2) is 0 Å². The number of alkyl carbamates (subject to hydrolysis) is 1. The highest BCUT2D eigenvalue weighted by Crippen LogP contribution is 2.46. The van der Waals surface area contributed by atoms with Crippen molar-refractivity contribution in [3.8, 4) is 0 Å². The van der Waals surface area contributed by atoms with Crippen molar-refractivity contribution in [1.29, 1.82) is 0 Å². The number of amides is 2. The van der Waals surface area contributed by atoms with Crippen LogP contribution in [0.5, 0.6) is 0 Å². The molecule has 224 valence electrons. The fourth-order valence-electron chi connectivity index (χ4n) is 5.10. The monoisotopic (exact) mass is 598 g/mol. The first kappa shape index (κ1) is 30.3. The van der Waals surface area contributed by atoms with Crippen molar-refractivity contribution in [3.05, 3.63) is 64.2 Å². The lowest BCUT2D eigenvalue weighted by molar-refractivity contribution is -0.143. The lowest BCUT2D eigenvalue weighted by Crippen LogP contribution is -2.52. The topological polar surface area (TPSA) is 78.9 Å². The number of fused-ring (bicyclic) bond motifs is 1. The van der Waals surface area contributed by atoms with E-state index in [2.05, 4.69) is 5.32 Å². The first-order valence-electron chi connectivity index (χ1n) is 12.4. The first-order chi connectivity index (χ1) is 18.9. The third-order valence-corrected chi connectivity index (χ3v) is 7.26. The molecule has 0 bridgehead atoms. The van der Waals surface area contributed by atoms with Crippen LogP contribution >= 0.6 is 0 Å². The molecule has 6 nitrogen and oxygen atoms in total. The van der Waals surface area contributed by atoms with Gasteiger partial charge in [0.1, 0.15) is 0 Å². The van der Waals surface area contributed by atoms with E-state index in [1.807, 2.05) is 0 Å². The Hall–Kier alpha value is -3.65. The van der Waals surface area contributed by atoms with Crippen molar-refractivity contribution in [2.24, 2.45) is 5.92 Å². The zero-order valence-corrected chi connectivity index (χ0v) is 21.0. The molecule has 2 amide bonds. The number of halogens is 9. The Labute approximate surface area is 227 Å². The van der Waals surface area contributed by atoms with E-state index in [0.717, 1.165) is 29.5 Å². The number of nitrogens with one attached hydrogen (secondary N) is 1. The summed E-state index contributed by atoms with van der Waals surface area (Å²) in [5.74, 6) is -0.0920. The van der Waals surface area contributed by atoms with Crippen LogP contribution in [0.1, 0.15) is 59.5 Å². The summed E-state index contributed by atoms with van der Waals surface area (Å²) < 4.78 is 124. The van der Waals surface area contributed by atoms with Gasteiger partial charge in [0.25, 0.3) is 0 Å². The Kier molecular flexibility index (Phi) is 8.11. The van der Waals surface area contributed by atoms with E-state index in [-0.39, 0.29) is 29.7 Å². The van der Waals surface area contributed by atoms with Crippen LogP contribution in [-0.4, -0.2) is 29.9 Å². The minimum atomic E-state index is -5.06. The van der Waals surface area contributed by atoms with Gasteiger partial charge in [-0.15, -0.1) is 0 Å². The van der Waals surface area contributed by atoms with Gasteiger partial charge in [0, 0.05) is 12.5 Å². The van der Waals surface area contributed by atoms with Crippen molar-refractivity contribution in [2.75, 3.05) is 11.5 Å². The summed E-state index contributed by atoms with van der Waals surface area (Å²) in [5.41, 5.74) is -4.70. The van der Waals surface area contributed by atoms with Crippen molar-refractivity contribution < 1.29 is 58.9 Å². The lowest BCUT2D eigenvalue weighted by atomic mass is 9.74. The third-order valence-electron chi connectivity index (χ3n) is 7.26. The third kappa shape index (κ3) is 6.81. The Bertz CT molecular complexity index is 1270. The number of anilines is 1. The summed E-state index contributed by atoms with van der Waals surface area (Å²) in [5, 5.41) is 12.2. The van der Waals surface area contributed by atoms with Gasteiger partial charge < -0.3 is 15.2 Å². The van der Waals surface area contributed by atoms with Gasteiger partial charge in [-0.25, -0.2) is 9.59 Å². The zero-order valence-electron chi connectivity index (χ0n) is 21.0. The standard InChI is InChI=1S/C26H23F9N2O4/c27-24(28,29)15-4-5-20-18(11-15)19(12-21(14-2-1-3-14)37(20)23(39)40)36-22(38)41-7-6-13-8-16(25(30,31)32)10-17(9-13)26(33,34)35/h4-5,8-11,14,19,21H,1-3,6-7,12H2,(H,36,38)(H,39,40). The molecule has 2 atom stereocenters. The van der Waals surface area contributed by atoms with Gasteiger partial charge in [-0.3, -0.25) is 4.90 Å². The molecule has 0 saturated heterocycles. The summed E-state index contributed by atoms with van der Waals surface area (Å²) in [6, 6.07) is 1.68. The van der Waals surface area contributed by atoms with Gasteiger partial charge in [0.05, 0.1) is 35.0 Å². The van der Waals surface area contributed by atoms with Gasteiger partial charge in [-0.1, -0.05) is 6.42 Å². The first-order valence-corrected chi connectivity index (χ1v) is 12.4. The van der Waals surface area contributed by atoms with Crippen molar-refractivity contribution >= 4 is 17.9 Å². The van der Waals surface area contributed by atoms with Crippen LogP contribution in [-0.2, 0) is 29.7 Å². The second-order valence-corrected chi connectivity index (χ2v) is 9.91. The lowest BCUT2D eigenvalue weighted by Gasteiger charge is -2.45. The molecule has 1 heterocycles. The van der Waals surface area contributed by atoms with Crippen LogP contribution in [0.2, 0.25) is 0 Å². The van der Waals surface area contributed by atoms with E-state index >= 15 is 0 Å². The maximum atomic E-state index is 13.4. The number of benzene rings is 2. The largest absolute Gasteiger partial charge is 0.465 e. The van der Waals surface area contributed by atoms with Crippen molar-refractivity contribution in [2.45, 2.75) is 62.7 Å². The predicted molar refractivity (Wildman–Crippen MR) is 125 cm³/mol. The van der Waals surface area contributed by atoms with E-state index in [1.54, 1.807) is 0 Å². The number of rotatable bonds is 5. The fourth-order valence-corrected chi connectivity index (χ4v) is 5.10. The van der Waals surface area contributed by atoms with E-state index in [9.17, 15) is 54.2 Å². The van der Waals surface area contributed by atoms with Crippen LogP contribution in [0.4, 0.5) is 54.8 Å². The van der Waals surface area contributed by atoms with Crippen molar-refractivity contribution in [1.82, 2.24) is 5.32 Å². The smallest absolute Gasteiger partial charge is 0.416 e. The van der Waals surface area contributed by atoms with Gasteiger partial charge in [-0.2, -0.15) is 39.5 Å². The molecule has 0 radical (unpaired) electrons. The summed E-state index contributed by atoms with van der Waals surface area (Å²) in [4.78, 5) is 25.7. The molecular weight excluding hydrogens is 575 g/mol. The Morgan fingerprint density at radius 3 is 1.95 bits per heavy atom. The van der Waals surface area contributed by atoms with Crippen LogP contribution in [0.25, 0.3) is 0 Å². The van der Waals surface area contributed by atoms with Gasteiger partial charge in [-0.05, 0) is 72.7 Å². The SMILES string of the molecule is O=C(NC1CC(C2CCC2)N(C(=O)O)c2ccc(C(F)(F)F)cc21)OCCc1cc(C(F)(F)F)cc(C(F)(F)F)c1. The zero-order chi connectivity index (χ0) is 30.3. The molecule has 0 aromatic heterocycles. The highest BCUT2D eigenvalue weighted by molar-refractivity contribution is 5.89. The molecule has 1 aliphatic carbocycles. The molecule has 41 heavy (non-hydrogen) atoms. The Morgan fingerprint density at radius 1 is 0.878 bits per heavy atom. The molecule has 1 saturated carbocycles. The second-order valence-electron chi connectivity index (χ2n) is 9.91. The summed E-state index contributed by atoms with van der Waals surface area (Å²) in [6.45, 7) is -0.639. The number of ether oxygens (including phenoxy) is 1. The van der Waals surface area contributed by atoms with Crippen LogP contribution in [0.3, 0.4) is 0 Å². The number of carbonyl (C=O) groups is 2. The molecule has 2 unspecified atom stereocenters. The molecule has 2 aromatic carbocycles. The number of carboxylic acid groups (broad SMARTS) is 1. The van der Waals surface area contributed by atoms with E-state index < -0.39 is 78.1 Å². The Balaban J connectivity index is 1.53. The van der Waals surface area contributed by atoms with E-state index in [0.29, 0.717) is 25.0 Å².